The number of H-pyrrole nitrogens is 1. The van der Waals surface area contributed by atoms with Gasteiger partial charge in [-0.2, -0.15) is 0 Å². The molecule has 0 amide bonds. The maximum absolute atomic E-state index is 9.44. The number of aromatic nitrogens is 2. The summed E-state index contributed by atoms with van der Waals surface area (Å²) < 4.78 is 0. The second-order valence-electron chi connectivity index (χ2n) is 4.25. The van der Waals surface area contributed by atoms with E-state index in [9.17, 15) is 5.11 Å². The van der Waals surface area contributed by atoms with E-state index in [-0.39, 0.29) is 5.75 Å². The van der Waals surface area contributed by atoms with E-state index in [4.69, 9.17) is 11.6 Å². The van der Waals surface area contributed by atoms with Crippen molar-refractivity contribution in [3.63, 3.8) is 0 Å². The van der Waals surface area contributed by atoms with Crippen LogP contribution >= 0.6 is 11.6 Å². The Bertz CT molecular complexity index is 734. The van der Waals surface area contributed by atoms with Gasteiger partial charge in [-0.05, 0) is 36.8 Å². The molecule has 4 heteroatoms. The lowest BCUT2D eigenvalue weighted by Gasteiger charge is -2.02. The molecule has 1 heterocycles. The summed E-state index contributed by atoms with van der Waals surface area (Å²) in [6, 6.07) is 10.8. The fraction of sp³-hybridized carbons (Fsp3) is 0.0714. The number of aromatic hydroxyl groups is 1. The van der Waals surface area contributed by atoms with Crippen LogP contribution in [0.5, 0.6) is 5.75 Å². The van der Waals surface area contributed by atoms with Gasteiger partial charge >= 0.3 is 0 Å². The summed E-state index contributed by atoms with van der Waals surface area (Å²) in [6.45, 7) is 2.01. The number of hydrogen-bond donors (Lipinski definition) is 2. The molecule has 0 fully saturated rings. The van der Waals surface area contributed by atoms with Crippen LogP contribution in [0.25, 0.3) is 22.4 Å². The van der Waals surface area contributed by atoms with Gasteiger partial charge in [0.05, 0.1) is 11.0 Å². The van der Waals surface area contributed by atoms with Crippen molar-refractivity contribution in [1.82, 2.24) is 9.97 Å². The minimum atomic E-state index is 0.223. The first-order chi connectivity index (χ1) is 8.63. The van der Waals surface area contributed by atoms with E-state index in [0.717, 1.165) is 28.0 Å². The maximum atomic E-state index is 9.44. The van der Waals surface area contributed by atoms with Crippen molar-refractivity contribution in [2.45, 2.75) is 6.92 Å². The third kappa shape index (κ3) is 1.83. The van der Waals surface area contributed by atoms with E-state index in [2.05, 4.69) is 9.97 Å². The van der Waals surface area contributed by atoms with Gasteiger partial charge in [-0.15, -0.1) is 0 Å². The average molecular weight is 259 g/mol. The van der Waals surface area contributed by atoms with Gasteiger partial charge in [-0.3, -0.25) is 0 Å². The fourth-order valence-corrected chi connectivity index (χ4v) is 2.15. The summed E-state index contributed by atoms with van der Waals surface area (Å²) in [4.78, 5) is 7.69. The predicted molar refractivity (Wildman–Crippen MR) is 72.9 cm³/mol. The molecule has 2 N–H and O–H groups in total. The van der Waals surface area contributed by atoms with Crippen LogP contribution in [0.1, 0.15) is 5.56 Å². The SMILES string of the molecule is Cc1ccc(Cl)cc1-c1nc2ccc(O)cc2[nH]1. The van der Waals surface area contributed by atoms with Crippen LogP contribution in [0.2, 0.25) is 5.02 Å². The highest BCUT2D eigenvalue weighted by atomic mass is 35.5. The van der Waals surface area contributed by atoms with Crippen LogP contribution in [0.4, 0.5) is 0 Å². The maximum Gasteiger partial charge on any atom is 0.138 e. The minimum absolute atomic E-state index is 0.223. The Labute approximate surface area is 109 Å². The molecule has 3 nitrogen and oxygen atoms in total. The van der Waals surface area contributed by atoms with Crippen molar-refractivity contribution < 1.29 is 5.11 Å². The molecule has 0 saturated heterocycles. The number of halogens is 1. The Morgan fingerprint density at radius 1 is 1.17 bits per heavy atom. The lowest BCUT2D eigenvalue weighted by atomic mass is 10.1. The first kappa shape index (κ1) is 11.1. The van der Waals surface area contributed by atoms with Gasteiger partial charge in [-0.25, -0.2) is 4.98 Å². The van der Waals surface area contributed by atoms with E-state index in [0.29, 0.717) is 5.02 Å². The van der Waals surface area contributed by atoms with Gasteiger partial charge in [-0.1, -0.05) is 17.7 Å². The quantitative estimate of drug-likeness (QED) is 0.695. The molecule has 3 aromatic rings. The van der Waals surface area contributed by atoms with Crippen LogP contribution in [-0.4, -0.2) is 15.1 Å². The highest BCUT2D eigenvalue weighted by molar-refractivity contribution is 6.30. The smallest absolute Gasteiger partial charge is 0.138 e. The number of hydrogen-bond acceptors (Lipinski definition) is 2. The highest BCUT2D eigenvalue weighted by Crippen LogP contribution is 2.27. The number of fused-ring (bicyclic) bond motifs is 1. The predicted octanol–water partition coefficient (Wildman–Crippen LogP) is 3.90. The summed E-state index contributed by atoms with van der Waals surface area (Å²) in [5, 5.41) is 10.1. The van der Waals surface area contributed by atoms with Crippen molar-refractivity contribution >= 4 is 22.6 Å². The third-order valence-corrected chi connectivity index (χ3v) is 3.16. The topological polar surface area (TPSA) is 48.9 Å². The molecule has 18 heavy (non-hydrogen) atoms. The number of phenols is 1. The highest BCUT2D eigenvalue weighted by Gasteiger charge is 2.08. The monoisotopic (exact) mass is 258 g/mol. The molecule has 0 aliphatic rings. The molecule has 0 bridgehead atoms. The summed E-state index contributed by atoms with van der Waals surface area (Å²) >= 11 is 6.01. The van der Waals surface area contributed by atoms with E-state index in [1.165, 1.54) is 0 Å². The molecular formula is C14H11ClN2O. The zero-order valence-corrected chi connectivity index (χ0v) is 10.5. The standard InChI is InChI=1S/C14H11ClN2O/c1-8-2-3-9(15)6-11(8)14-16-12-5-4-10(18)7-13(12)17-14/h2-7,18H,1H3,(H,16,17). The Hall–Kier alpha value is -2.00. The molecule has 3 rings (SSSR count). The van der Waals surface area contributed by atoms with Crippen LogP contribution in [-0.2, 0) is 0 Å². The number of nitrogens with one attached hydrogen (secondary N) is 1. The fourth-order valence-electron chi connectivity index (χ4n) is 1.97. The van der Waals surface area contributed by atoms with Crippen LogP contribution in [0.15, 0.2) is 36.4 Å². The zero-order chi connectivity index (χ0) is 12.7. The second kappa shape index (κ2) is 4.03. The first-order valence-electron chi connectivity index (χ1n) is 5.59. The number of imidazole rings is 1. The van der Waals surface area contributed by atoms with E-state index < -0.39 is 0 Å². The number of rotatable bonds is 1. The molecule has 0 spiro atoms. The molecule has 0 unspecified atom stereocenters. The van der Waals surface area contributed by atoms with Crippen molar-refractivity contribution in [3.8, 4) is 17.1 Å². The van der Waals surface area contributed by atoms with Crippen LogP contribution in [0, 0.1) is 6.92 Å². The molecule has 90 valence electrons. The number of aromatic amines is 1. The number of benzene rings is 2. The summed E-state index contributed by atoms with van der Waals surface area (Å²) in [5.41, 5.74) is 3.70. The molecule has 0 aliphatic heterocycles. The molecule has 0 aliphatic carbocycles. The Balaban J connectivity index is 2.22. The number of nitrogens with zero attached hydrogens (tertiary/aromatic N) is 1. The van der Waals surface area contributed by atoms with Gasteiger partial charge < -0.3 is 10.1 Å². The minimum Gasteiger partial charge on any atom is -0.508 e. The normalized spacial score (nSPS) is 11.0. The van der Waals surface area contributed by atoms with E-state index >= 15 is 0 Å². The molecule has 2 aromatic carbocycles. The number of aryl methyl sites for hydroxylation is 1. The van der Waals surface area contributed by atoms with Crippen molar-refractivity contribution in [2.75, 3.05) is 0 Å². The summed E-state index contributed by atoms with van der Waals surface area (Å²) in [7, 11) is 0. The first-order valence-corrected chi connectivity index (χ1v) is 5.96. The Morgan fingerprint density at radius 2 is 2.00 bits per heavy atom. The third-order valence-electron chi connectivity index (χ3n) is 2.92. The summed E-state index contributed by atoms with van der Waals surface area (Å²) in [6.07, 6.45) is 0. The van der Waals surface area contributed by atoms with Gasteiger partial charge in [0.15, 0.2) is 0 Å². The van der Waals surface area contributed by atoms with E-state index in [1.54, 1.807) is 18.2 Å². The van der Waals surface area contributed by atoms with Crippen molar-refractivity contribution in [1.29, 1.82) is 0 Å². The Morgan fingerprint density at radius 3 is 2.83 bits per heavy atom. The largest absolute Gasteiger partial charge is 0.508 e. The summed E-state index contributed by atoms with van der Waals surface area (Å²) in [5.74, 6) is 0.983. The molecule has 1 aromatic heterocycles. The van der Waals surface area contributed by atoms with Crippen molar-refractivity contribution in [2.24, 2.45) is 0 Å². The van der Waals surface area contributed by atoms with Gasteiger partial charge in [0, 0.05) is 16.7 Å². The van der Waals surface area contributed by atoms with E-state index in [1.807, 2.05) is 25.1 Å². The van der Waals surface area contributed by atoms with Gasteiger partial charge in [0.1, 0.15) is 11.6 Å². The lowest BCUT2D eigenvalue weighted by molar-refractivity contribution is 0.476. The van der Waals surface area contributed by atoms with Gasteiger partial charge in [0.2, 0.25) is 0 Å². The van der Waals surface area contributed by atoms with Crippen molar-refractivity contribution in [3.05, 3.63) is 47.0 Å². The van der Waals surface area contributed by atoms with Gasteiger partial charge in [0.25, 0.3) is 0 Å². The zero-order valence-electron chi connectivity index (χ0n) is 9.74. The Kier molecular flexibility index (Phi) is 2.49. The van der Waals surface area contributed by atoms with Crippen LogP contribution in [0.3, 0.4) is 0 Å². The van der Waals surface area contributed by atoms with Crippen LogP contribution < -0.4 is 0 Å². The average Bonchev–Trinajstić information content (AvgIpc) is 2.74. The molecule has 0 radical (unpaired) electrons. The molecule has 0 atom stereocenters. The number of phenolic OH excluding ortho intramolecular Hbond substituents is 1. The lowest BCUT2D eigenvalue weighted by Crippen LogP contribution is -1.85. The molecule has 0 saturated carbocycles. The molecular weight excluding hydrogens is 248 g/mol. The second-order valence-corrected chi connectivity index (χ2v) is 4.68.